The molecule has 10 heteroatoms. The quantitative estimate of drug-likeness (QED) is 0.0264. The van der Waals surface area contributed by atoms with Crippen molar-refractivity contribution in [2.24, 2.45) is 5.73 Å². The molecule has 0 heterocycles. The third kappa shape index (κ3) is 51.1. The number of nitrogens with two attached hydrogens (primary N) is 1. The van der Waals surface area contributed by atoms with Crippen LogP contribution in [0.2, 0.25) is 0 Å². The van der Waals surface area contributed by atoms with Crippen molar-refractivity contribution < 1.29 is 37.6 Å². The fourth-order valence-corrected chi connectivity index (χ4v) is 8.43. The summed E-state index contributed by atoms with van der Waals surface area (Å²) in [6.07, 6.45) is 64.6. The Hall–Kier alpha value is -2.29. The summed E-state index contributed by atoms with van der Waals surface area (Å²) >= 11 is 0. The van der Waals surface area contributed by atoms with Gasteiger partial charge in [0.15, 0.2) is 6.10 Å². The Morgan fingerprint density at radius 1 is 0.470 bits per heavy atom. The molecule has 0 saturated heterocycles. The molecule has 66 heavy (non-hydrogen) atoms. The van der Waals surface area contributed by atoms with E-state index in [2.05, 4.69) is 74.6 Å². The zero-order chi connectivity index (χ0) is 48.1. The van der Waals surface area contributed by atoms with Gasteiger partial charge in [-0.05, 0) is 57.8 Å². The molecule has 0 aromatic heterocycles. The van der Waals surface area contributed by atoms with Gasteiger partial charge < -0.3 is 20.1 Å². The summed E-state index contributed by atoms with van der Waals surface area (Å²) in [4.78, 5) is 34.8. The first-order chi connectivity index (χ1) is 32.3. The number of esters is 2. The first-order valence-electron chi connectivity index (χ1n) is 27.3. The molecule has 0 saturated carbocycles. The minimum Gasteiger partial charge on any atom is -0.462 e. The fourth-order valence-electron chi connectivity index (χ4n) is 7.66. The second kappa shape index (κ2) is 52.1. The van der Waals surface area contributed by atoms with E-state index in [9.17, 15) is 19.0 Å². The summed E-state index contributed by atoms with van der Waals surface area (Å²) in [6, 6.07) is 0. The van der Waals surface area contributed by atoms with Crippen molar-refractivity contribution in [3.05, 3.63) is 60.8 Å². The average molecular weight is 948 g/mol. The molecule has 384 valence electrons. The van der Waals surface area contributed by atoms with Crippen molar-refractivity contribution in [3.63, 3.8) is 0 Å². The molecule has 3 N–H and O–H groups in total. The van der Waals surface area contributed by atoms with Gasteiger partial charge in [-0.1, -0.05) is 242 Å². The van der Waals surface area contributed by atoms with Crippen molar-refractivity contribution in [2.75, 3.05) is 26.4 Å². The third-order valence-electron chi connectivity index (χ3n) is 11.7. The number of rotatable bonds is 51. The lowest BCUT2D eigenvalue weighted by Crippen LogP contribution is -2.29. The summed E-state index contributed by atoms with van der Waals surface area (Å²) in [5, 5.41) is 0. The first-order valence-corrected chi connectivity index (χ1v) is 28.8. The van der Waals surface area contributed by atoms with Gasteiger partial charge in [-0.15, -0.1) is 0 Å². The van der Waals surface area contributed by atoms with Crippen LogP contribution in [0.4, 0.5) is 0 Å². The third-order valence-corrected chi connectivity index (χ3v) is 12.7. The van der Waals surface area contributed by atoms with Crippen LogP contribution in [0.15, 0.2) is 60.8 Å². The molecule has 2 atom stereocenters. The molecule has 2 unspecified atom stereocenters. The Kier molecular flexibility index (Phi) is 50.3. The number of hydrogen-bond acceptors (Lipinski definition) is 8. The Morgan fingerprint density at radius 3 is 1.24 bits per heavy atom. The SMILES string of the molecule is CC/C=C\C/C=C\C/C=C\C/C=C\C/C=C\CCCCCCCCCCCCCCCCCCCCCCCC(=O)OC(COC(=O)CCCCCCCCCC)COP(=O)(O)OCCN. The Morgan fingerprint density at radius 2 is 0.833 bits per heavy atom. The van der Waals surface area contributed by atoms with Crippen molar-refractivity contribution in [1.82, 2.24) is 0 Å². The molecule has 0 aliphatic heterocycles. The van der Waals surface area contributed by atoms with Crippen LogP contribution < -0.4 is 5.73 Å². The predicted octanol–water partition coefficient (Wildman–Crippen LogP) is 16.8. The molecular weight excluding hydrogens is 846 g/mol. The van der Waals surface area contributed by atoms with Gasteiger partial charge in [0.2, 0.25) is 0 Å². The summed E-state index contributed by atoms with van der Waals surface area (Å²) in [5.41, 5.74) is 5.35. The van der Waals surface area contributed by atoms with Crippen LogP contribution in [0, 0.1) is 0 Å². The van der Waals surface area contributed by atoms with E-state index in [-0.39, 0.29) is 38.6 Å². The minimum atomic E-state index is -4.37. The van der Waals surface area contributed by atoms with Gasteiger partial charge in [-0.25, -0.2) is 4.57 Å². The largest absolute Gasteiger partial charge is 0.472 e. The summed E-state index contributed by atoms with van der Waals surface area (Å²) in [6.45, 7) is 3.60. The highest BCUT2D eigenvalue weighted by Crippen LogP contribution is 2.43. The highest BCUT2D eigenvalue weighted by Gasteiger charge is 2.26. The monoisotopic (exact) mass is 948 g/mol. The number of phosphoric acid groups is 1. The van der Waals surface area contributed by atoms with E-state index in [0.29, 0.717) is 6.42 Å². The predicted molar refractivity (Wildman–Crippen MR) is 279 cm³/mol. The van der Waals surface area contributed by atoms with E-state index in [4.69, 9.17) is 24.3 Å². The van der Waals surface area contributed by atoms with E-state index in [1.165, 1.54) is 154 Å². The van der Waals surface area contributed by atoms with Crippen LogP contribution in [0.25, 0.3) is 0 Å². The number of carbonyl (C=O) groups is 2. The minimum absolute atomic E-state index is 0.0547. The van der Waals surface area contributed by atoms with Crippen molar-refractivity contribution in [3.8, 4) is 0 Å². The van der Waals surface area contributed by atoms with Gasteiger partial charge in [-0.2, -0.15) is 0 Å². The number of hydrogen-bond donors (Lipinski definition) is 2. The fraction of sp³-hybridized carbons (Fsp3) is 0.786. The maximum Gasteiger partial charge on any atom is 0.472 e. The lowest BCUT2D eigenvalue weighted by Gasteiger charge is -2.19. The molecule has 0 aromatic rings. The second-order valence-corrected chi connectivity index (χ2v) is 19.5. The molecule has 0 radical (unpaired) electrons. The number of phosphoric ester groups is 1. The smallest absolute Gasteiger partial charge is 0.462 e. The molecule has 0 aromatic carbocycles. The van der Waals surface area contributed by atoms with Gasteiger partial charge in [-0.3, -0.25) is 18.6 Å². The Bertz CT molecular complexity index is 1260. The second-order valence-electron chi connectivity index (χ2n) is 18.1. The topological polar surface area (TPSA) is 134 Å². The van der Waals surface area contributed by atoms with Crippen LogP contribution in [0.3, 0.4) is 0 Å². The van der Waals surface area contributed by atoms with Crippen LogP contribution in [-0.2, 0) is 32.7 Å². The van der Waals surface area contributed by atoms with Crippen LogP contribution >= 0.6 is 7.82 Å². The Balaban J connectivity index is 3.74. The highest BCUT2D eigenvalue weighted by molar-refractivity contribution is 7.47. The van der Waals surface area contributed by atoms with E-state index in [1.54, 1.807) is 0 Å². The zero-order valence-electron chi connectivity index (χ0n) is 42.7. The van der Waals surface area contributed by atoms with Crippen molar-refractivity contribution in [2.45, 2.75) is 258 Å². The molecule has 9 nitrogen and oxygen atoms in total. The Labute approximate surface area is 406 Å². The molecule has 0 aliphatic carbocycles. The van der Waals surface area contributed by atoms with Gasteiger partial charge in [0.25, 0.3) is 0 Å². The maximum atomic E-state index is 12.6. The average Bonchev–Trinajstić information content (AvgIpc) is 3.31. The molecule has 0 spiro atoms. The molecule has 0 rings (SSSR count). The number of carbonyl (C=O) groups excluding carboxylic acids is 2. The van der Waals surface area contributed by atoms with E-state index < -0.39 is 26.5 Å². The normalized spacial score (nSPS) is 13.6. The lowest BCUT2D eigenvalue weighted by molar-refractivity contribution is -0.161. The van der Waals surface area contributed by atoms with Gasteiger partial charge in [0.05, 0.1) is 13.2 Å². The van der Waals surface area contributed by atoms with Gasteiger partial charge in [0.1, 0.15) is 6.61 Å². The molecule has 0 aliphatic rings. The van der Waals surface area contributed by atoms with Gasteiger partial charge in [0, 0.05) is 19.4 Å². The lowest BCUT2D eigenvalue weighted by atomic mass is 10.0. The molecule has 0 fully saturated rings. The zero-order valence-corrected chi connectivity index (χ0v) is 43.6. The van der Waals surface area contributed by atoms with Gasteiger partial charge >= 0.3 is 19.8 Å². The van der Waals surface area contributed by atoms with Crippen LogP contribution in [0.5, 0.6) is 0 Å². The standard InChI is InChI=1S/C56H102NO8P/c1-3-5-7-9-11-13-14-15-16-17-18-19-20-21-22-23-24-25-26-27-28-29-30-31-32-33-34-35-36-37-38-39-40-41-43-45-47-49-56(59)65-54(53-64-66(60,61)63-51-50-57)52-62-55(58)48-46-44-42-12-10-8-6-4-2/h5,7,11,13,15-16,18-19,21-22,54H,3-4,6,8-10,12,14,17,20,23-53,57H2,1-2H3,(H,60,61)/b7-5-,13-11-,16-15-,19-18-,22-21-. The summed E-state index contributed by atoms with van der Waals surface area (Å²) in [7, 11) is -4.37. The maximum absolute atomic E-state index is 12.6. The van der Waals surface area contributed by atoms with E-state index in [1.807, 2.05) is 0 Å². The van der Waals surface area contributed by atoms with E-state index >= 15 is 0 Å². The highest BCUT2D eigenvalue weighted by atomic mass is 31.2. The van der Waals surface area contributed by atoms with Crippen LogP contribution in [0.1, 0.15) is 251 Å². The summed E-state index contributed by atoms with van der Waals surface area (Å²) < 4.78 is 32.8. The number of unbranched alkanes of at least 4 members (excludes halogenated alkanes) is 28. The van der Waals surface area contributed by atoms with Crippen molar-refractivity contribution >= 4 is 19.8 Å². The molecule has 0 bridgehead atoms. The molecular formula is C56H102NO8P. The van der Waals surface area contributed by atoms with E-state index in [0.717, 1.165) is 64.2 Å². The number of allylic oxidation sites excluding steroid dienone is 10. The van der Waals surface area contributed by atoms with Crippen LogP contribution in [-0.4, -0.2) is 49.3 Å². The van der Waals surface area contributed by atoms with Crippen molar-refractivity contribution in [1.29, 1.82) is 0 Å². The first kappa shape index (κ1) is 63.7. The molecule has 0 amide bonds. The number of ether oxygens (including phenoxy) is 2. The summed E-state index contributed by atoms with van der Waals surface area (Å²) in [5.74, 6) is -0.824.